The van der Waals surface area contributed by atoms with Gasteiger partial charge in [-0.3, -0.25) is 0 Å². The van der Waals surface area contributed by atoms with Crippen molar-refractivity contribution in [3.8, 4) is 0 Å². The van der Waals surface area contributed by atoms with Gasteiger partial charge in [0.15, 0.2) is 0 Å². The van der Waals surface area contributed by atoms with Gasteiger partial charge in [-0.25, -0.2) is 0 Å². The molecule has 0 spiro atoms. The fourth-order valence-electron chi connectivity index (χ4n) is 0.345. The molecule has 62 valence electrons. The van der Waals surface area contributed by atoms with Crippen molar-refractivity contribution >= 4 is 15.9 Å². The van der Waals surface area contributed by atoms with Gasteiger partial charge in [0.25, 0.3) is 0 Å². The molecule has 0 aliphatic carbocycles. The summed E-state index contributed by atoms with van der Waals surface area (Å²) < 4.78 is 34.4. The van der Waals surface area contributed by atoms with Gasteiger partial charge in [0.2, 0.25) is 0 Å². The fourth-order valence-corrected chi connectivity index (χ4v) is 0.573. The van der Waals surface area contributed by atoms with E-state index in [0.717, 1.165) is 0 Å². The van der Waals surface area contributed by atoms with Crippen molar-refractivity contribution in [3.05, 3.63) is 0 Å². The van der Waals surface area contributed by atoms with E-state index in [1.54, 1.807) is 6.92 Å². The average molecular weight is 220 g/mol. The molecule has 10 heavy (non-hydrogen) atoms. The summed E-state index contributed by atoms with van der Waals surface area (Å²) in [6.07, 6.45) is -4.10. The Hall–Kier alpha value is 0.230. The summed E-state index contributed by atoms with van der Waals surface area (Å²) in [6.45, 7) is 0.764. The highest BCUT2D eigenvalue weighted by molar-refractivity contribution is 9.09. The Morgan fingerprint density at radius 3 is 2.30 bits per heavy atom. The second-order valence-corrected chi connectivity index (χ2v) is 2.70. The Morgan fingerprint density at radius 1 is 1.50 bits per heavy atom. The molecular formula is C5H9BrF3N. The Morgan fingerprint density at radius 2 is 2.00 bits per heavy atom. The summed E-state index contributed by atoms with van der Waals surface area (Å²) in [5.74, 6) is 0. The molecule has 1 unspecified atom stereocenters. The molecule has 1 atom stereocenters. The zero-order chi connectivity index (χ0) is 8.20. The first kappa shape index (κ1) is 10.2. The van der Waals surface area contributed by atoms with Crippen molar-refractivity contribution in [1.29, 1.82) is 0 Å². The fraction of sp³-hybridized carbons (Fsp3) is 1.00. The Bertz CT molecular complexity index is 93.4. The van der Waals surface area contributed by atoms with Crippen LogP contribution in [0.2, 0.25) is 0 Å². The molecule has 1 N–H and O–H groups in total. The van der Waals surface area contributed by atoms with E-state index in [9.17, 15) is 13.2 Å². The van der Waals surface area contributed by atoms with Crippen LogP contribution in [0.4, 0.5) is 13.2 Å². The molecular weight excluding hydrogens is 211 g/mol. The number of alkyl halides is 4. The summed E-state index contributed by atoms with van der Waals surface area (Å²) in [5, 5.41) is 2.83. The zero-order valence-corrected chi connectivity index (χ0v) is 7.09. The minimum atomic E-state index is -4.10. The van der Waals surface area contributed by atoms with Crippen LogP contribution in [0.15, 0.2) is 0 Å². The van der Waals surface area contributed by atoms with Gasteiger partial charge in [0.05, 0.1) is 6.54 Å². The Balaban J connectivity index is 3.36. The third kappa shape index (κ3) is 6.35. The van der Waals surface area contributed by atoms with E-state index in [2.05, 4.69) is 21.2 Å². The van der Waals surface area contributed by atoms with E-state index in [1.807, 2.05) is 0 Å². The smallest absolute Gasteiger partial charge is 0.305 e. The Labute approximate surface area is 66.1 Å². The van der Waals surface area contributed by atoms with Gasteiger partial charge in [-0.15, -0.1) is 0 Å². The average Bonchev–Trinajstić information content (AvgIpc) is 1.81. The van der Waals surface area contributed by atoms with E-state index in [4.69, 9.17) is 0 Å². The van der Waals surface area contributed by atoms with Crippen LogP contribution in [0.1, 0.15) is 6.92 Å². The number of hydrogen-bond donors (Lipinski definition) is 1. The van der Waals surface area contributed by atoms with Crippen molar-refractivity contribution in [2.75, 3.05) is 11.9 Å². The van der Waals surface area contributed by atoms with Gasteiger partial charge in [-0.1, -0.05) is 15.9 Å². The first-order valence-corrected chi connectivity index (χ1v) is 3.94. The lowest BCUT2D eigenvalue weighted by atomic mass is 10.4. The number of hydrogen-bond acceptors (Lipinski definition) is 1. The minimum absolute atomic E-state index is 0.137. The minimum Gasteiger partial charge on any atom is -0.305 e. The molecule has 0 bridgehead atoms. The molecule has 1 nitrogen and oxygen atoms in total. The lowest BCUT2D eigenvalue weighted by Gasteiger charge is -2.11. The predicted molar refractivity (Wildman–Crippen MR) is 37.3 cm³/mol. The van der Waals surface area contributed by atoms with Crippen molar-refractivity contribution in [2.45, 2.75) is 19.1 Å². The molecule has 0 rings (SSSR count). The maximum Gasteiger partial charge on any atom is 0.401 e. The van der Waals surface area contributed by atoms with Gasteiger partial charge in [-0.2, -0.15) is 13.2 Å². The van der Waals surface area contributed by atoms with Crippen LogP contribution >= 0.6 is 15.9 Å². The quantitative estimate of drug-likeness (QED) is 0.716. The van der Waals surface area contributed by atoms with E-state index >= 15 is 0 Å². The van der Waals surface area contributed by atoms with Gasteiger partial charge in [0.1, 0.15) is 0 Å². The highest BCUT2D eigenvalue weighted by atomic mass is 79.9. The topological polar surface area (TPSA) is 12.0 Å². The largest absolute Gasteiger partial charge is 0.401 e. The molecule has 0 aliphatic heterocycles. The molecule has 0 radical (unpaired) electrons. The second-order valence-electron chi connectivity index (χ2n) is 2.05. The van der Waals surface area contributed by atoms with Crippen LogP contribution in [0, 0.1) is 0 Å². The normalized spacial score (nSPS) is 15.3. The van der Waals surface area contributed by atoms with E-state index in [-0.39, 0.29) is 6.04 Å². The highest BCUT2D eigenvalue weighted by Crippen LogP contribution is 2.12. The maximum atomic E-state index is 11.5. The zero-order valence-electron chi connectivity index (χ0n) is 5.50. The molecule has 0 heterocycles. The molecule has 5 heteroatoms. The first-order valence-electron chi connectivity index (χ1n) is 2.82. The Kier molecular flexibility index (Phi) is 4.28. The van der Waals surface area contributed by atoms with Crippen molar-refractivity contribution in [3.63, 3.8) is 0 Å². The third-order valence-electron chi connectivity index (χ3n) is 0.882. The molecule has 0 aromatic heterocycles. The van der Waals surface area contributed by atoms with Gasteiger partial charge < -0.3 is 5.32 Å². The number of halogens is 4. The number of nitrogens with one attached hydrogen (secondary N) is 1. The monoisotopic (exact) mass is 219 g/mol. The summed E-state index contributed by atoms with van der Waals surface area (Å²) in [5.41, 5.74) is 0. The van der Waals surface area contributed by atoms with Gasteiger partial charge in [-0.05, 0) is 6.92 Å². The molecule has 0 aromatic rings. The summed E-state index contributed by atoms with van der Waals surface area (Å²) in [6, 6.07) is -0.137. The molecule has 0 aromatic carbocycles. The van der Waals surface area contributed by atoms with E-state index in [0.29, 0.717) is 5.33 Å². The van der Waals surface area contributed by atoms with Crippen molar-refractivity contribution < 1.29 is 13.2 Å². The van der Waals surface area contributed by atoms with Crippen LogP contribution in [-0.2, 0) is 0 Å². The lowest BCUT2D eigenvalue weighted by Crippen LogP contribution is -2.36. The van der Waals surface area contributed by atoms with Crippen LogP contribution < -0.4 is 5.32 Å². The summed E-state index contributed by atoms with van der Waals surface area (Å²) in [7, 11) is 0. The van der Waals surface area contributed by atoms with Gasteiger partial charge >= 0.3 is 6.18 Å². The molecule has 0 saturated carbocycles. The van der Waals surface area contributed by atoms with E-state index < -0.39 is 12.7 Å². The molecule has 0 fully saturated rings. The van der Waals surface area contributed by atoms with E-state index in [1.165, 1.54) is 0 Å². The maximum absolute atomic E-state index is 11.5. The van der Waals surface area contributed by atoms with Crippen molar-refractivity contribution in [1.82, 2.24) is 5.32 Å². The van der Waals surface area contributed by atoms with Crippen LogP contribution in [0.3, 0.4) is 0 Å². The summed E-state index contributed by atoms with van der Waals surface area (Å²) >= 11 is 3.05. The molecule has 0 saturated heterocycles. The standard InChI is InChI=1S/C5H9BrF3N/c1-4(2-6)10-3-5(7,8)9/h4,10H,2-3H2,1H3. The van der Waals surface area contributed by atoms with Crippen LogP contribution in [0.5, 0.6) is 0 Å². The predicted octanol–water partition coefficient (Wildman–Crippen LogP) is 1.92. The highest BCUT2D eigenvalue weighted by Gasteiger charge is 2.26. The van der Waals surface area contributed by atoms with Crippen LogP contribution in [0.25, 0.3) is 0 Å². The lowest BCUT2D eigenvalue weighted by molar-refractivity contribution is -0.125. The molecule has 0 amide bonds. The number of rotatable bonds is 3. The van der Waals surface area contributed by atoms with Crippen molar-refractivity contribution in [2.24, 2.45) is 0 Å². The third-order valence-corrected chi connectivity index (χ3v) is 1.85. The first-order chi connectivity index (χ1) is 4.45. The summed E-state index contributed by atoms with van der Waals surface area (Å²) in [4.78, 5) is 0. The SMILES string of the molecule is CC(CBr)NCC(F)(F)F. The van der Waals surface area contributed by atoms with Gasteiger partial charge in [0, 0.05) is 11.4 Å². The second kappa shape index (κ2) is 4.18. The molecule has 0 aliphatic rings. The van der Waals surface area contributed by atoms with Crippen LogP contribution in [-0.4, -0.2) is 24.1 Å².